The molecule has 1 aromatic rings. The topological polar surface area (TPSA) is 58.6 Å². The molecule has 0 radical (unpaired) electrons. The third kappa shape index (κ3) is 3.78. The number of amides is 2. The quantitative estimate of drug-likeness (QED) is 0.933. The Hall–Kier alpha value is -2.04. The van der Waals surface area contributed by atoms with E-state index in [1.165, 1.54) is 0 Å². The molecule has 2 rings (SSSR count). The van der Waals surface area contributed by atoms with Gasteiger partial charge < -0.3 is 15.0 Å². The molecular formula is C17H24N2O3. The third-order valence-corrected chi connectivity index (χ3v) is 4.25. The van der Waals surface area contributed by atoms with Crippen molar-refractivity contribution in [2.75, 3.05) is 25.0 Å². The molecule has 0 aromatic heterocycles. The van der Waals surface area contributed by atoms with Crippen LogP contribution < -0.4 is 5.32 Å². The van der Waals surface area contributed by atoms with Gasteiger partial charge in [-0.05, 0) is 50.8 Å². The average molecular weight is 304 g/mol. The van der Waals surface area contributed by atoms with Crippen molar-refractivity contribution in [2.24, 2.45) is 5.92 Å². The number of carbonyl (C=O) groups excluding carboxylic acids is 2. The lowest BCUT2D eigenvalue weighted by atomic mass is 9.96. The summed E-state index contributed by atoms with van der Waals surface area (Å²) >= 11 is 0. The summed E-state index contributed by atoms with van der Waals surface area (Å²) in [6, 6.07) is 5.90. The van der Waals surface area contributed by atoms with E-state index in [4.69, 9.17) is 4.74 Å². The van der Waals surface area contributed by atoms with Crippen LogP contribution in [-0.2, 0) is 9.53 Å². The summed E-state index contributed by atoms with van der Waals surface area (Å²) in [6.45, 7) is 7.36. The van der Waals surface area contributed by atoms with E-state index in [-0.39, 0.29) is 17.9 Å². The van der Waals surface area contributed by atoms with Crippen molar-refractivity contribution >= 4 is 17.7 Å². The van der Waals surface area contributed by atoms with Crippen molar-refractivity contribution in [2.45, 2.75) is 33.6 Å². The van der Waals surface area contributed by atoms with Crippen LogP contribution in [0.5, 0.6) is 0 Å². The number of nitrogens with one attached hydrogen (secondary N) is 1. The fourth-order valence-electron chi connectivity index (χ4n) is 2.66. The van der Waals surface area contributed by atoms with E-state index >= 15 is 0 Å². The fraction of sp³-hybridized carbons (Fsp3) is 0.529. The molecule has 1 saturated heterocycles. The number of ether oxygens (including phenoxy) is 1. The Morgan fingerprint density at radius 2 is 1.95 bits per heavy atom. The zero-order valence-electron chi connectivity index (χ0n) is 13.5. The number of anilines is 1. The van der Waals surface area contributed by atoms with E-state index in [0.717, 1.165) is 16.8 Å². The van der Waals surface area contributed by atoms with Crippen LogP contribution in [0.4, 0.5) is 10.5 Å². The van der Waals surface area contributed by atoms with Crippen LogP contribution in [0.15, 0.2) is 18.2 Å². The number of rotatable bonds is 3. The van der Waals surface area contributed by atoms with Gasteiger partial charge in [0.05, 0.1) is 6.61 Å². The molecule has 22 heavy (non-hydrogen) atoms. The predicted molar refractivity (Wildman–Crippen MR) is 85.9 cm³/mol. The first-order chi connectivity index (χ1) is 10.5. The molecule has 1 aliphatic heterocycles. The highest BCUT2D eigenvalue weighted by molar-refractivity contribution is 5.93. The molecule has 120 valence electrons. The minimum Gasteiger partial charge on any atom is -0.450 e. The predicted octanol–water partition coefficient (Wildman–Crippen LogP) is 3.11. The van der Waals surface area contributed by atoms with Gasteiger partial charge in [0.1, 0.15) is 0 Å². The molecule has 1 N–H and O–H groups in total. The van der Waals surface area contributed by atoms with Gasteiger partial charge in [-0.2, -0.15) is 0 Å². The summed E-state index contributed by atoms with van der Waals surface area (Å²) in [7, 11) is 0. The van der Waals surface area contributed by atoms with Crippen LogP contribution in [0, 0.1) is 19.8 Å². The van der Waals surface area contributed by atoms with Gasteiger partial charge in [0, 0.05) is 24.7 Å². The van der Waals surface area contributed by atoms with Crippen LogP contribution in [-0.4, -0.2) is 36.6 Å². The van der Waals surface area contributed by atoms with Gasteiger partial charge in [0.2, 0.25) is 5.91 Å². The van der Waals surface area contributed by atoms with Crippen molar-refractivity contribution in [1.29, 1.82) is 0 Å². The zero-order chi connectivity index (χ0) is 16.1. The van der Waals surface area contributed by atoms with E-state index in [1.54, 1.807) is 11.8 Å². The highest BCUT2D eigenvalue weighted by atomic mass is 16.6. The minimum absolute atomic E-state index is 0.0391. The second-order valence-corrected chi connectivity index (χ2v) is 5.70. The number of benzene rings is 1. The molecule has 0 saturated carbocycles. The number of hydrogen-bond donors (Lipinski definition) is 1. The van der Waals surface area contributed by atoms with Crippen LogP contribution in [0.3, 0.4) is 0 Å². The summed E-state index contributed by atoms with van der Waals surface area (Å²) in [6.07, 6.45) is 1.07. The van der Waals surface area contributed by atoms with Crippen LogP contribution >= 0.6 is 0 Å². The Kier molecular flexibility index (Phi) is 5.41. The SMILES string of the molecule is CCOC(=O)N1CCC(C(=O)Nc2cccc(C)c2C)CC1. The van der Waals surface area contributed by atoms with Gasteiger partial charge in [0.25, 0.3) is 0 Å². The maximum absolute atomic E-state index is 12.4. The lowest BCUT2D eigenvalue weighted by molar-refractivity contribution is -0.121. The molecular weight excluding hydrogens is 280 g/mol. The van der Waals surface area contributed by atoms with E-state index in [2.05, 4.69) is 5.32 Å². The zero-order valence-corrected chi connectivity index (χ0v) is 13.5. The van der Waals surface area contributed by atoms with Crippen molar-refractivity contribution in [1.82, 2.24) is 4.90 Å². The Morgan fingerprint density at radius 1 is 1.27 bits per heavy atom. The molecule has 1 aliphatic rings. The Balaban J connectivity index is 1.90. The largest absolute Gasteiger partial charge is 0.450 e. The van der Waals surface area contributed by atoms with E-state index in [0.29, 0.717) is 32.5 Å². The lowest BCUT2D eigenvalue weighted by Crippen LogP contribution is -2.41. The first-order valence-electron chi connectivity index (χ1n) is 7.81. The van der Waals surface area contributed by atoms with Crippen molar-refractivity contribution in [3.05, 3.63) is 29.3 Å². The van der Waals surface area contributed by atoms with Gasteiger partial charge >= 0.3 is 6.09 Å². The maximum Gasteiger partial charge on any atom is 0.409 e. The average Bonchev–Trinajstić information content (AvgIpc) is 2.52. The highest BCUT2D eigenvalue weighted by Crippen LogP contribution is 2.22. The molecule has 1 aromatic carbocycles. The number of likely N-dealkylation sites (tertiary alicyclic amines) is 1. The summed E-state index contributed by atoms with van der Waals surface area (Å²) in [5, 5.41) is 3.02. The molecule has 0 bridgehead atoms. The van der Waals surface area contributed by atoms with Crippen LogP contribution in [0.25, 0.3) is 0 Å². The summed E-state index contributed by atoms with van der Waals surface area (Å²) in [5.74, 6) is -0.0113. The molecule has 1 fully saturated rings. The van der Waals surface area contributed by atoms with E-state index in [9.17, 15) is 9.59 Å². The van der Waals surface area contributed by atoms with Gasteiger partial charge in [-0.15, -0.1) is 0 Å². The summed E-state index contributed by atoms with van der Waals surface area (Å²) < 4.78 is 4.99. The number of nitrogens with zero attached hydrogens (tertiary/aromatic N) is 1. The third-order valence-electron chi connectivity index (χ3n) is 4.25. The maximum atomic E-state index is 12.4. The second-order valence-electron chi connectivity index (χ2n) is 5.70. The number of piperidine rings is 1. The highest BCUT2D eigenvalue weighted by Gasteiger charge is 2.28. The standard InChI is InChI=1S/C17H24N2O3/c1-4-22-17(21)19-10-8-14(9-11-19)16(20)18-15-7-5-6-12(2)13(15)3/h5-7,14H,4,8-11H2,1-3H3,(H,18,20). The second kappa shape index (κ2) is 7.29. The van der Waals surface area contributed by atoms with Crippen LogP contribution in [0.2, 0.25) is 0 Å². The molecule has 0 aliphatic carbocycles. The Bertz CT molecular complexity index is 549. The molecule has 5 nitrogen and oxygen atoms in total. The minimum atomic E-state index is -0.282. The Labute approximate surface area is 131 Å². The Morgan fingerprint density at radius 3 is 2.59 bits per heavy atom. The van der Waals surface area contributed by atoms with Gasteiger partial charge in [-0.25, -0.2) is 4.79 Å². The van der Waals surface area contributed by atoms with Crippen molar-refractivity contribution in [3.63, 3.8) is 0 Å². The molecule has 5 heteroatoms. The number of hydrogen-bond acceptors (Lipinski definition) is 3. The van der Waals surface area contributed by atoms with Crippen molar-refractivity contribution < 1.29 is 14.3 Å². The van der Waals surface area contributed by atoms with Crippen molar-refractivity contribution in [3.8, 4) is 0 Å². The monoisotopic (exact) mass is 304 g/mol. The van der Waals surface area contributed by atoms with Gasteiger partial charge in [-0.1, -0.05) is 12.1 Å². The number of carbonyl (C=O) groups is 2. The lowest BCUT2D eigenvalue weighted by Gasteiger charge is -2.30. The normalized spacial score (nSPS) is 15.5. The van der Waals surface area contributed by atoms with Crippen LogP contribution in [0.1, 0.15) is 30.9 Å². The molecule has 1 heterocycles. The summed E-state index contributed by atoms with van der Waals surface area (Å²) in [4.78, 5) is 25.7. The fourth-order valence-corrected chi connectivity index (χ4v) is 2.66. The molecule has 0 spiro atoms. The molecule has 2 amide bonds. The van der Waals surface area contributed by atoms with Gasteiger partial charge in [0.15, 0.2) is 0 Å². The van der Waals surface area contributed by atoms with Gasteiger partial charge in [-0.3, -0.25) is 4.79 Å². The molecule has 0 atom stereocenters. The first kappa shape index (κ1) is 16.3. The first-order valence-corrected chi connectivity index (χ1v) is 7.81. The van der Waals surface area contributed by atoms with E-state index in [1.807, 2.05) is 32.0 Å². The molecule has 0 unspecified atom stereocenters. The van der Waals surface area contributed by atoms with E-state index < -0.39 is 0 Å². The summed E-state index contributed by atoms with van der Waals surface area (Å²) in [5.41, 5.74) is 3.13. The smallest absolute Gasteiger partial charge is 0.409 e. The number of aryl methyl sites for hydroxylation is 1.